The van der Waals surface area contributed by atoms with E-state index in [9.17, 15) is 13.2 Å². The van der Waals surface area contributed by atoms with Gasteiger partial charge in [-0.05, 0) is 6.92 Å². The van der Waals surface area contributed by atoms with E-state index in [-0.39, 0.29) is 5.69 Å². The third-order valence-corrected chi connectivity index (χ3v) is 2.25. The zero-order valence-corrected chi connectivity index (χ0v) is 10.0. The molecule has 1 aromatic heterocycles. The summed E-state index contributed by atoms with van der Waals surface area (Å²) < 4.78 is 38.9. The summed E-state index contributed by atoms with van der Waals surface area (Å²) in [6.45, 7) is 2.56. The molecular weight excluding hydrogens is 257 g/mol. The summed E-state index contributed by atoms with van der Waals surface area (Å²) in [6, 6.07) is 1.69. The van der Waals surface area contributed by atoms with Gasteiger partial charge >= 0.3 is 0 Å². The van der Waals surface area contributed by atoms with Crippen LogP contribution in [0.1, 0.15) is 6.92 Å². The SMILES string of the molecule is CCNc1cncc(Nc2cc(F)c(F)c(F)c2)n1. The van der Waals surface area contributed by atoms with Crippen LogP contribution < -0.4 is 10.6 Å². The number of rotatable bonds is 4. The van der Waals surface area contributed by atoms with Gasteiger partial charge in [0.25, 0.3) is 0 Å². The number of halogens is 3. The Hall–Kier alpha value is -2.31. The fourth-order valence-electron chi connectivity index (χ4n) is 1.47. The molecule has 2 aromatic rings. The Balaban J connectivity index is 2.23. The van der Waals surface area contributed by atoms with Crippen LogP contribution in [0, 0.1) is 17.5 Å². The number of hydrogen-bond donors (Lipinski definition) is 2. The molecule has 0 saturated heterocycles. The molecule has 100 valence electrons. The summed E-state index contributed by atoms with van der Waals surface area (Å²) >= 11 is 0. The first-order chi connectivity index (χ1) is 9.10. The third kappa shape index (κ3) is 3.12. The van der Waals surface area contributed by atoms with Gasteiger partial charge in [-0.25, -0.2) is 18.2 Å². The maximum atomic E-state index is 13.0. The van der Waals surface area contributed by atoms with Crippen LogP contribution in [0.4, 0.5) is 30.5 Å². The van der Waals surface area contributed by atoms with E-state index in [1.165, 1.54) is 12.4 Å². The molecule has 4 nitrogen and oxygen atoms in total. The highest BCUT2D eigenvalue weighted by Gasteiger charge is 2.11. The van der Waals surface area contributed by atoms with E-state index in [1.807, 2.05) is 6.92 Å². The smallest absolute Gasteiger partial charge is 0.194 e. The number of nitrogens with zero attached hydrogens (tertiary/aromatic N) is 2. The van der Waals surface area contributed by atoms with Crippen molar-refractivity contribution >= 4 is 17.3 Å². The van der Waals surface area contributed by atoms with Crippen molar-refractivity contribution in [3.05, 3.63) is 42.0 Å². The first kappa shape index (κ1) is 13.1. The minimum absolute atomic E-state index is 0.0550. The number of hydrogen-bond acceptors (Lipinski definition) is 4. The Morgan fingerprint density at radius 2 is 1.68 bits per heavy atom. The van der Waals surface area contributed by atoms with E-state index in [1.54, 1.807) is 0 Å². The van der Waals surface area contributed by atoms with Crippen LogP contribution in [0.3, 0.4) is 0 Å². The Kier molecular flexibility index (Phi) is 3.84. The molecule has 2 N–H and O–H groups in total. The summed E-state index contributed by atoms with van der Waals surface area (Å²) in [6.07, 6.45) is 2.90. The first-order valence-corrected chi connectivity index (χ1v) is 5.57. The molecule has 0 spiro atoms. The minimum Gasteiger partial charge on any atom is -0.369 e. The van der Waals surface area contributed by atoms with E-state index >= 15 is 0 Å². The van der Waals surface area contributed by atoms with Crippen molar-refractivity contribution in [2.45, 2.75) is 6.92 Å². The highest BCUT2D eigenvalue weighted by atomic mass is 19.2. The van der Waals surface area contributed by atoms with Crippen LogP contribution >= 0.6 is 0 Å². The van der Waals surface area contributed by atoms with Crippen molar-refractivity contribution in [3.8, 4) is 0 Å². The quantitative estimate of drug-likeness (QED) is 0.837. The summed E-state index contributed by atoms with van der Waals surface area (Å²) in [5.41, 5.74) is 0.0550. The maximum absolute atomic E-state index is 13.0. The van der Waals surface area contributed by atoms with Crippen LogP contribution in [0.25, 0.3) is 0 Å². The second kappa shape index (κ2) is 5.55. The molecule has 1 heterocycles. The molecule has 0 fully saturated rings. The van der Waals surface area contributed by atoms with E-state index < -0.39 is 17.5 Å². The molecule has 2 rings (SSSR count). The average Bonchev–Trinajstić information content (AvgIpc) is 2.37. The number of nitrogens with one attached hydrogen (secondary N) is 2. The highest BCUT2D eigenvalue weighted by Crippen LogP contribution is 2.20. The molecular formula is C12H11F3N4. The lowest BCUT2D eigenvalue weighted by Crippen LogP contribution is -2.03. The van der Waals surface area contributed by atoms with Gasteiger partial charge in [0.05, 0.1) is 12.4 Å². The second-order valence-corrected chi connectivity index (χ2v) is 3.70. The Labute approximate surface area is 107 Å². The van der Waals surface area contributed by atoms with Gasteiger partial charge in [0.1, 0.15) is 5.82 Å². The molecule has 0 atom stereocenters. The van der Waals surface area contributed by atoms with Crippen LogP contribution in [0.5, 0.6) is 0 Å². The Morgan fingerprint density at radius 1 is 1.05 bits per heavy atom. The van der Waals surface area contributed by atoms with E-state index in [0.717, 1.165) is 12.1 Å². The second-order valence-electron chi connectivity index (χ2n) is 3.70. The topological polar surface area (TPSA) is 49.8 Å². The van der Waals surface area contributed by atoms with E-state index in [4.69, 9.17) is 0 Å². The largest absolute Gasteiger partial charge is 0.369 e. The lowest BCUT2D eigenvalue weighted by atomic mass is 10.3. The normalized spacial score (nSPS) is 10.3. The number of aromatic nitrogens is 2. The van der Waals surface area contributed by atoms with Gasteiger partial charge in [0.15, 0.2) is 23.3 Å². The summed E-state index contributed by atoms with van der Waals surface area (Å²) in [5, 5.41) is 5.60. The molecule has 0 amide bonds. The Bertz CT molecular complexity index is 566. The average molecular weight is 268 g/mol. The van der Waals surface area contributed by atoms with Gasteiger partial charge in [-0.15, -0.1) is 0 Å². The molecule has 0 aliphatic rings. The van der Waals surface area contributed by atoms with Crippen molar-refractivity contribution in [2.24, 2.45) is 0 Å². The van der Waals surface area contributed by atoms with Gasteiger partial charge in [-0.1, -0.05) is 0 Å². The standard InChI is InChI=1S/C12H11F3N4/c1-2-17-10-5-16-6-11(19-10)18-7-3-8(13)12(15)9(14)4-7/h3-6H,2H2,1H3,(H2,17,18,19). The van der Waals surface area contributed by atoms with Gasteiger partial charge in [-0.3, -0.25) is 4.98 Å². The lowest BCUT2D eigenvalue weighted by molar-refractivity contribution is 0.448. The zero-order chi connectivity index (χ0) is 13.8. The number of benzene rings is 1. The molecule has 0 saturated carbocycles. The zero-order valence-electron chi connectivity index (χ0n) is 10.0. The predicted molar refractivity (Wildman–Crippen MR) is 65.8 cm³/mol. The molecule has 1 aromatic carbocycles. The highest BCUT2D eigenvalue weighted by molar-refractivity contribution is 5.57. The van der Waals surface area contributed by atoms with Crippen molar-refractivity contribution in [1.29, 1.82) is 0 Å². The lowest BCUT2D eigenvalue weighted by Gasteiger charge is -2.08. The summed E-state index contributed by atoms with van der Waals surface area (Å²) in [7, 11) is 0. The van der Waals surface area contributed by atoms with Gasteiger partial charge in [-0.2, -0.15) is 0 Å². The van der Waals surface area contributed by atoms with Crippen molar-refractivity contribution in [1.82, 2.24) is 9.97 Å². The van der Waals surface area contributed by atoms with Crippen molar-refractivity contribution < 1.29 is 13.2 Å². The third-order valence-electron chi connectivity index (χ3n) is 2.25. The maximum Gasteiger partial charge on any atom is 0.194 e. The minimum atomic E-state index is -1.50. The monoisotopic (exact) mass is 268 g/mol. The molecule has 7 heteroatoms. The van der Waals surface area contributed by atoms with E-state index in [0.29, 0.717) is 18.2 Å². The van der Waals surface area contributed by atoms with Gasteiger partial charge in [0, 0.05) is 24.4 Å². The van der Waals surface area contributed by atoms with Gasteiger partial charge < -0.3 is 10.6 Å². The fourth-order valence-corrected chi connectivity index (χ4v) is 1.47. The van der Waals surface area contributed by atoms with Gasteiger partial charge in [0.2, 0.25) is 0 Å². The van der Waals surface area contributed by atoms with Crippen molar-refractivity contribution in [3.63, 3.8) is 0 Å². The van der Waals surface area contributed by atoms with Crippen LogP contribution in [-0.2, 0) is 0 Å². The molecule has 0 bridgehead atoms. The Morgan fingerprint density at radius 3 is 2.32 bits per heavy atom. The van der Waals surface area contributed by atoms with Crippen molar-refractivity contribution in [2.75, 3.05) is 17.2 Å². The van der Waals surface area contributed by atoms with E-state index in [2.05, 4.69) is 20.6 Å². The molecule has 0 aliphatic carbocycles. The summed E-state index contributed by atoms with van der Waals surface area (Å²) in [5.74, 6) is -3.21. The summed E-state index contributed by atoms with van der Waals surface area (Å²) in [4.78, 5) is 8.03. The predicted octanol–water partition coefficient (Wildman–Crippen LogP) is 3.07. The first-order valence-electron chi connectivity index (χ1n) is 5.57. The molecule has 19 heavy (non-hydrogen) atoms. The molecule has 0 aliphatic heterocycles. The number of anilines is 3. The molecule has 0 unspecified atom stereocenters. The molecule has 0 radical (unpaired) electrons. The van der Waals surface area contributed by atoms with Crippen LogP contribution in [-0.4, -0.2) is 16.5 Å². The van der Waals surface area contributed by atoms with Crippen LogP contribution in [0.15, 0.2) is 24.5 Å². The fraction of sp³-hybridized carbons (Fsp3) is 0.167. The van der Waals surface area contributed by atoms with Crippen LogP contribution in [0.2, 0.25) is 0 Å².